The van der Waals surface area contributed by atoms with Gasteiger partial charge in [-0.3, -0.25) is 4.79 Å². The van der Waals surface area contributed by atoms with Gasteiger partial charge in [-0.25, -0.2) is 9.37 Å². The quantitative estimate of drug-likeness (QED) is 0.806. The lowest BCUT2D eigenvalue weighted by Crippen LogP contribution is -2.30. The minimum atomic E-state index is -0.467. The standard InChI is InChI=1S/C13H12FN3O/c14-10-6-7-11(13(18)16-8-15)17-12(10)9-4-2-1-3-5-9/h1-7H,8,15H2,(H,16,18). The Labute approximate surface area is 104 Å². The lowest BCUT2D eigenvalue weighted by Gasteiger charge is -2.06. The number of aromatic nitrogens is 1. The van der Waals surface area contributed by atoms with Gasteiger partial charge in [-0.1, -0.05) is 30.3 Å². The summed E-state index contributed by atoms with van der Waals surface area (Å²) >= 11 is 0. The van der Waals surface area contributed by atoms with Gasteiger partial charge in [-0.2, -0.15) is 0 Å². The van der Waals surface area contributed by atoms with Crippen LogP contribution >= 0.6 is 0 Å². The van der Waals surface area contributed by atoms with E-state index < -0.39 is 11.7 Å². The summed E-state index contributed by atoms with van der Waals surface area (Å²) in [5.74, 6) is -0.889. The van der Waals surface area contributed by atoms with E-state index in [2.05, 4.69) is 10.3 Å². The number of benzene rings is 1. The van der Waals surface area contributed by atoms with Crippen molar-refractivity contribution < 1.29 is 9.18 Å². The number of nitrogens with one attached hydrogen (secondary N) is 1. The zero-order chi connectivity index (χ0) is 13.0. The fourth-order valence-electron chi connectivity index (χ4n) is 1.55. The second kappa shape index (κ2) is 5.37. The molecule has 4 nitrogen and oxygen atoms in total. The van der Waals surface area contributed by atoms with Gasteiger partial charge in [0.15, 0.2) is 0 Å². The average molecular weight is 245 g/mol. The molecule has 2 rings (SSSR count). The second-order valence-corrected chi connectivity index (χ2v) is 3.60. The summed E-state index contributed by atoms with van der Waals surface area (Å²) in [6, 6.07) is 11.4. The molecule has 0 atom stereocenters. The Morgan fingerprint density at radius 2 is 1.94 bits per heavy atom. The molecule has 2 aromatic rings. The van der Waals surface area contributed by atoms with Gasteiger partial charge in [0.1, 0.15) is 17.2 Å². The summed E-state index contributed by atoms with van der Waals surface area (Å²) in [6.45, 7) is 0.0125. The van der Waals surface area contributed by atoms with E-state index in [0.717, 1.165) is 0 Å². The van der Waals surface area contributed by atoms with Crippen molar-refractivity contribution in [3.63, 3.8) is 0 Å². The van der Waals surface area contributed by atoms with Crippen molar-refractivity contribution in [2.24, 2.45) is 5.73 Å². The topological polar surface area (TPSA) is 68.0 Å². The number of pyridine rings is 1. The largest absolute Gasteiger partial charge is 0.338 e. The van der Waals surface area contributed by atoms with Crippen LogP contribution in [0.25, 0.3) is 11.3 Å². The van der Waals surface area contributed by atoms with Crippen molar-refractivity contribution in [3.8, 4) is 11.3 Å². The van der Waals surface area contributed by atoms with E-state index in [1.165, 1.54) is 12.1 Å². The highest BCUT2D eigenvalue weighted by atomic mass is 19.1. The molecule has 1 aromatic heterocycles. The van der Waals surface area contributed by atoms with Crippen LogP contribution < -0.4 is 11.1 Å². The molecule has 0 saturated carbocycles. The van der Waals surface area contributed by atoms with Gasteiger partial charge in [0.05, 0.1) is 6.67 Å². The number of nitrogens with two attached hydrogens (primary N) is 1. The molecule has 0 aliphatic heterocycles. The predicted octanol–water partition coefficient (Wildman–Crippen LogP) is 1.53. The molecule has 0 saturated heterocycles. The Morgan fingerprint density at radius 1 is 1.22 bits per heavy atom. The number of nitrogens with zero attached hydrogens (tertiary/aromatic N) is 1. The smallest absolute Gasteiger partial charge is 0.270 e. The molecule has 18 heavy (non-hydrogen) atoms. The third-order valence-electron chi connectivity index (χ3n) is 2.39. The van der Waals surface area contributed by atoms with Gasteiger partial charge in [0.2, 0.25) is 0 Å². The zero-order valence-electron chi connectivity index (χ0n) is 9.56. The van der Waals surface area contributed by atoms with E-state index in [1.54, 1.807) is 24.3 Å². The molecule has 1 heterocycles. The number of carbonyl (C=O) groups excluding carboxylic acids is 1. The fraction of sp³-hybridized carbons (Fsp3) is 0.0769. The highest BCUT2D eigenvalue weighted by molar-refractivity contribution is 5.92. The number of hydrogen-bond donors (Lipinski definition) is 2. The van der Waals surface area contributed by atoms with Gasteiger partial charge in [-0.15, -0.1) is 0 Å². The molecule has 0 unspecified atom stereocenters. The van der Waals surface area contributed by atoms with E-state index >= 15 is 0 Å². The van der Waals surface area contributed by atoms with Gasteiger partial charge in [-0.05, 0) is 12.1 Å². The van der Waals surface area contributed by atoms with Crippen molar-refractivity contribution >= 4 is 5.91 Å². The maximum Gasteiger partial charge on any atom is 0.270 e. The molecule has 0 fully saturated rings. The molecule has 3 N–H and O–H groups in total. The van der Waals surface area contributed by atoms with Crippen LogP contribution in [0.4, 0.5) is 4.39 Å². The van der Waals surface area contributed by atoms with E-state index in [4.69, 9.17) is 5.73 Å². The second-order valence-electron chi connectivity index (χ2n) is 3.60. The summed E-state index contributed by atoms with van der Waals surface area (Å²) in [5, 5.41) is 2.41. The van der Waals surface area contributed by atoms with Crippen molar-refractivity contribution in [2.75, 3.05) is 6.67 Å². The molecule has 5 heteroatoms. The van der Waals surface area contributed by atoms with Crippen molar-refractivity contribution in [2.45, 2.75) is 0 Å². The summed E-state index contributed by atoms with van der Waals surface area (Å²) < 4.78 is 13.7. The van der Waals surface area contributed by atoms with Crippen LogP contribution in [0.15, 0.2) is 42.5 Å². The lowest BCUT2D eigenvalue weighted by molar-refractivity contribution is 0.0950. The van der Waals surface area contributed by atoms with Crippen LogP contribution in [-0.2, 0) is 0 Å². The third kappa shape index (κ3) is 2.52. The molecular weight excluding hydrogens is 233 g/mol. The Hall–Kier alpha value is -2.27. The summed E-state index contributed by atoms with van der Waals surface area (Å²) in [7, 11) is 0. The molecule has 1 aromatic carbocycles. The first-order valence-electron chi connectivity index (χ1n) is 5.42. The minimum Gasteiger partial charge on any atom is -0.338 e. The summed E-state index contributed by atoms with van der Waals surface area (Å²) in [4.78, 5) is 15.6. The Kier molecular flexibility index (Phi) is 3.64. The van der Waals surface area contributed by atoms with Gasteiger partial charge in [0, 0.05) is 5.56 Å². The number of hydrogen-bond acceptors (Lipinski definition) is 3. The van der Waals surface area contributed by atoms with E-state index in [-0.39, 0.29) is 18.1 Å². The van der Waals surface area contributed by atoms with Crippen LogP contribution in [0.2, 0.25) is 0 Å². The van der Waals surface area contributed by atoms with Gasteiger partial charge < -0.3 is 11.1 Å². The van der Waals surface area contributed by atoms with Gasteiger partial charge in [0.25, 0.3) is 5.91 Å². The van der Waals surface area contributed by atoms with E-state index in [9.17, 15) is 9.18 Å². The molecule has 0 aliphatic rings. The van der Waals surface area contributed by atoms with E-state index in [0.29, 0.717) is 5.56 Å². The first-order valence-corrected chi connectivity index (χ1v) is 5.42. The average Bonchev–Trinajstić information content (AvgIpc) is 2.40. The number of carbonyl (C=O) groups is 1. The number of amides is 1. The van der Waals surface area contributed by atoms with Crippen molar-refractivity contribution in [1.29, 1.82) is 0 Å². The summed E-state index contributed by atoms with van der Waals surface area (Å²) in [6.07, 6.45) is 0. The highest BCUT2D eigenvalue weighted by Gasteiger charge is 2.12. The first-order chi connectivity index (χ1) is 8.72. The molecule has 1 amide bonds. The van der Waals surface area contributed by atoms with E-state index in [1.807, 2.05) is 6.07 Å². The van der Waals surface area contributed by atoms with Crippen molar-refractivity contribution in [1.82, 2.24) is 10.3 Å². The maximum atomic E-state index is 13.7. The monoisotopic (exact) mass is 245 g/mol. The number of rotatable bonds is 3. The van der Waals surface area contributed by atoms with Crippen LogP contribution in [-0.4, -0.2) is 17.6 Å². The first kappa shape index (κ1) is 12.2. The van der Waals surface area contributed by atoms with Crippen LogP contribution in [0, 0.1) is 5.82 Å². The van der Waals surface area contributed by atoms with Crippen LogP contribution in [0.1, 0.15) is 10.5 Å². The Morgan fingerprint density at radius 3 is 2.61 bits per heavy atom. The molecular formula is C13H12FN3O. The molecule has 0 spiro atoms. The third-order valence-corrected chi connectivity index (χ3v) is 2.39. The Balaban J connectivity index is 2.42. The van der Waals surface area contributed by atoms with Gasteiger partial charge >= 0.3 is 0 Å². The van der Waals surface area contributed by atoms with Crippen LogP contribution in [0.5, 0.6) is 0 Å². The SMILES string of the molecule is NCNC(=O)c1ccc(F)c(-c2ccccc2)n1. The lowest BCUT2D eigenvalue weighted by atomic mass is 10.1. The van der Waals surface area contributed by atoms with Crippen molar-refractivity contribution in [3.05, 3.63) is 54.0 Å². The molecule has 0 radical (unpaired) electrons. The molecule has 92 valence electrons. The highest BCUT2D eigenvalue weighted by Crippen LogP contribution is 2.20. The fourth-order valence-corrected chi connectivity index (χ4v) is 1.55. The number of halogens is 1. The van der Waals surface area contributed by atoms with Crippen LogP contribution in [0.3, 0.4) is 0 Å². The predicted molar refractivity (Wildman–Crippen MR) is 66.2 cm³/mol. The molecule has 0 bridgehead atoms. The molecule has 0 aliphatic carbocycles. The normalized spacial score (nSPS) is 10.1. The minimum absolute atomic E-state index is 0.0125. The maximum absolute atomic E-state index is 13.7. The Bertz CT molecular complexity index is 557. The zero-order valence-corrected chi connectivity index (χ0v) is 9.56. The summed E-state index contributed by atoms with van der Waals surface area (Å²) in [5.41, 5.74) is 6.13.